The topological polar surface area (TPSA) is 136 Å². The number of carbonyl (C=O) groups excluding carboxylic acids is 4. The van der Waals surface area contributed by atoms with Crippen LogP contribution in [-0.2, 0) is 33.4 Å². The predicted molar refractivity (Wildman–Crippen MR) is 159 cm³/mol. The average molecular weight is 619 g/mol. The number of hydrogen-bond acceptors (Lipinski definition) is 9. The first kappa shape index (κ1) is 29.4. The van der Waals surface area contributed by atoms with Crippen molar-refractivity contribution >= 4 is 23.7 Å². The first-order valence-electron chi connectivity index (χ1n) is 16.4. The van der Waals surface area contributed by atoms with Gasteiger partial charge in [-0.3, -0.25) is 4.79 Å². The quantitative estimate of drug-likeness (QED) is 0.210. The molecule has 9 nitrogen and oxygen atoms in total. The highest BCUT2D eigenvalue weighted by Crippen LogP contribution is 2.83. The first-order chi connectivity index (χ1) is 21.1. The zero-order chi connectivity index (χ0) is 32.3. The van der Waals surface area contributed by atoms with Crippen LogP contribution in [0.5, 0.6) is 0 Å². The van der Waals surface area contributed by atoms with Crippen molar-refractivity contribution in [1.29, 1.82) is 0 Å². The fraction of sp³-hybridized carbons (Fsp3) is 0.667. The molecule has 0 amide bonds. The Morgan fingerprint density at radius 3 is 2.42 bits per heavy atom. The van der Waals surface area contributed by atoms with Gasteiger partial charge in [-0.25, -0.2) is 14.4 Å². The maximum absolute atomic E-state index is 14.3. The fourth-order valence-corrected chi connectivity index (χ4v) is 11.9. The van der Waals surface area contributed by atoms with Gasteiger partial charge in [-0.15, -0.1) is 0 Å². The van der Waals surface area contributed by atoms with Crippen molar-refractivity contribution in [2.45, 2.75) is 84.5 Å². The van der Waals surface area contributed by atoms with E-state index in [1.807, 2.05) is 6.92 Å². The lowest BCUT2D eigenvalue weighted by Crippen LogP contribution is -2.67. The number of ether oxygens (including phenoxy) is 3. The summed E-state index contributed by atoms with van der Waals surface area (Å²) in [6.07, 6.45) is 3.01. The number of Topliss-reactive ketones (excluding diaryl/α,β-unsaturated/α-hetero) is 1. The van der Waals surface area contributed by atoms with Gasteiger partial charge in [0.1, 0.15) is 23.9 Å². The number of carbonyl (C=O) groups is 4. The van der Waals surface area contributed by atoms with E-state index in [4.69, 9.17) is 14.2 Å². The number of aliphatic hydroxyl groups is 2. The molecule has 0 aromatic carbocycles. The minimum absolute atomic E-state index is 0.0711. The van der Waals surface area contributed by atoms with E-state index in [1.165, 1.54) is 12.7 Å². The van der Waals surface area contributed by atoms with Crippen molar-refractivity contribution in [2.75, 3.05) is 13.7 Å². The normalized spacial score (nSPS) is 49.3. The molecule has 8 rings (SSSR count). The van der Waals surface area contributed by atoms with E-state index in [2.05, 4.69) is 6.92 Å². The van der Waals surface area contributed by atoms with Crippen LogP contribution in [0.4, 0.5) is 0 Å². The molecule has 12 unspecified atom stereocenters. The molecule has 5 fully saturated rings. The lowest BCUT2D eigenvalue weighted by molar-refractivity contribution is -0.191. The third kappa shape index (κ3) is 3.09. The van der Waals surface area contributed by atoms with E-state index in [0.29, 0.717) is 24.0 Å². The van der Waals surface area contributed by atoms with E-state index < -0.39 is 57.7 Å². The molecule has 12 atom stereocenters. The Morgan fingerprint density at radius 1 is 1.04 bits per heavy atom. The van der Waals surface area contributed by atoms with Gasteiger partial charge in [0.05, 0.1) is 13.0 Å². The van der Waals surface area contributed by atoms with Crippen molar-refractivity contribution in [2.24, 2.45) is 52.3 Å². The van der Waals surface area contributed by atoms with E-state index in [-0.39, 0.29) is 53.3 Å². The molecule has 1 aliphatic heterocycles. The Kier molecular flexibility index (Phi) is 5.64. The lowest BCUT2D eigenvalue weighted by Gasteiger charge is -2.63. The molecule has 0 radical (unpaired) electrons. The van der Waals surface area contributed by atoms with E-state index in [1.54, 1.807) is 33.8 Å². The Labute approximate surface area is 262 Å². The van der Waals surface area contributed by atoms with Crippen molar-refractivity contribution in [3.63, 3.8) is 0 Å². The molecule has 8 aliphatic rings. The summed E-state index contributed by atoms with van der Waals surface area (Å²) >= 11 is 0. The minimum atomic E-state index is -1.31. The number of hydrogen-bond donors (Lipinski definition) is 2. The summed E-state index contributed by atoms with van der Waals surface area (Å²) in [5, 5.41) is 24.2. The summed E-state index contributed by atoms with van der Waals surface area (Å²) in [7, 11) is 1.27. The van der Waals surface area contributed by atoms with Crippen molar-refractivity contribution < 1.29 is 43.6 Å². The molecule has 0 aromatic heterocycles. The monoisotopic (exact) mass is 618 g/mol. The molecule has 7 aliphatic carbocycles. The zero-order valence-electron chi connectivity index (χ0n) is 27.0. The highest BCUT2D eigenvalue weighted by atomic mass is 16.6. The van der Waals surface area contributed by atoms with Crippen LogP contribution in [0.15, 0.2) is 45.1 Å². The van der Waals surface area contributed by atoms with Crippen molar-refractivity contribution in [1.82, 2.24) is 0 Å². The smallest absolute Gasteiger partial charge is 0.334 e. The molecule has 1 heterocycles. The summed E-state index contributed by atoms with van der Waals surface area (Å²) < 4.78 is 17.5. The van der Waals surface area contributed by atoms with E-state index >= 15 is 0 Å². The van der Waals surface area contributed by atoms with Gasteiger partial charge in [-0.05, 0) is 93.6 Å². The van der Waals surface area contributed by atoms with Crippen LogP contribution in [0.1, 0.15) is 67.2 Å². The molecular formula is C36H42O9. The Balaban J connectivity index is 1.35. The standard InChI is InChI=1S/C36H42O9/c1-8-14(2)30(39)44-13-35(42)22-11-21(22)33(5)23(35)12-19-15(3)32(41)45-36(19)24(33)10-18-17-9-20(17)34(6)26(18)27(36)25(28(37)29(34)38)16(4)31(40)43-7/h8,17,20-24,27,29,38,42H,9-13H2,1-7H3. The van der Waals surface area contributed by atoms with Crippen LogP contribution >= 0.6 is 0 Å². The second-order valence-corrected chi connectivity index (χ2v) is 15.6. The van der Waals surface area contributed by atoms with Gasteiger partial charge in [0.15, 0.2) is 5.78 Å². The Hall–Kier alpha value is -3.04. The molecule has 0 saturated heterocycles. The molecule has 2 N–H and O–H groups in total. The largest absolute Gasteiger partial charge is 0.466 e. The zero-order valence-corrected chi connectivity index (χ0v) is 27.0. The van der Waals surface area contributed by atoms with Crippen LogP contribution in [0.3, 0.4) is 0 Å². The van der Waals surface area contributed by atoms with Crippen LogP contribution in [0.25, 0.3) is 0 Å². The van der Waals surface area contributed by atoms with Crippen LogP contribution in [0, 0.1) is 52.3 Å². The number of ketones is 1. The Morgan fingerprint density at radius 2 is 1.76 bits per heavy atom. The number of fused-ring (bicyclic) bond motifs is 7. The summed E-state index contributed by atoms with van der Waals surface area (Å²) in [5.74, 6) is -3.01. The van der Waals surface area contributed by atoms with Gasteiger partial charge in [0.2, 0.25) is 0 Å². The number of esters is 3. The molecule has 45 heavy (non-hydrogen) atoms. The average Bonchev–Trinajstić information content (AvgIpc) is 3.93. The first-order valence-corrected chi connectivity index (χ1v) is 16.4. The number of methoxy groups -OCH3 is 1. The highest BCUT2D eigenvalue weighted by Gasteiger charge is 2.84. The van der Waals surface area contributed by atoms with Gasteiger partial charge in [-0.2, -0.15) is 0 Å². The predicted octanol–water partition coefficient (Wildman–Crippen LogP) is 3.54. The lowest BCUT2D eigenvalue weighted by atomic mass is 9.42. The molecular weight excluding hydrogens is 576 g/mol. The minimum Gasteiger partial charge on any atom is -0.466 e. The van der Waals surface area contributed by atoms with Crippen molar-refractivity contribution in [3.05, 3.63) is 45.1 Å². The van der Waals surface area contributed by atoms with Crippen LogP contribution in [0.2, 0.25) is 0 Å². The third-order valence-corrected chi connectivity index (χ3v) is 14.3. The van der Waals surface area contributed by atoms with E-state index in [9.17, 15) is 29.4 Å². The summed E-state index contributed by atoms with van der Waals surface area (Å²) in [4.78, 5) is 53.9. The van der Waals surface area contributed by atoms with Gasteiger partial charge in [0, 0.05) is 39.5 Å². The summed E-state index contributed by atoms with van der Waals surface area (Å²) in [6, 6.07) is 0. The molecule has 0 aromatic rings. The maximum atomic E-state index is 14.3. The third-order valence-electron chi connectivity index (χ3n) is 14.3. The SMILES string of the molecule is CC=C(C)C(=O)OCC1(O)C2CC2C2(C)C1CC1=C(C)C(=O)OC13C1C(=C(C)C(=O)OC)C(=O)C(O)C4(C)C1=C(CC32)C1CC14. The molecule has 9 heteroatoms. The van der Waals surface area contributed by atoms with Crippen LogP contribution in [-0.4, -0.2) is 64.9 Å². The number of allylic oxidation sites excluding steroid dienone is 2. The van der Waals surface area contributed by atoms with Gasteiger partial charge in [-0.1, -0.05) is 25.5 Å². The summed E-state index contributed by atoms with van der Waals surface area (Å²) in [6.45, 7) is 10.8. The number of rotatable bonds is 4. The molecule has 0 bridgehead atoms. The Bertz CT molecular complexity index is 1660. The summed E-state index contributed by atoms with van der Waals surface area (Å²) in [5.41, 5.74) is 0.343. The van der Waals surface area contributed by atoms with Gasteiger partial charge >= 0.3 is 17.9 Å². The molecule has 240 valence electrons. The second kappa shape index (κ2) is 8.65. The molecule has 5 saturated carbocycles. The van der Waals surface area contributed by atoms with Crippen molar-refractivity contribution in [3.8, 4) is 0 Å². The second-order valence-electron chi connectivity index (χ2n) is 15.6. The molecule has 1 spiro atoms. The number of aliphatic hydroxyl groups excluding tert-OH is 1. The maximum Gasteiger partial charge on any atom is 0.334 e. The highest BCUT2D eigenvalue weighted by molar-refractivity contribution is 6.09. The fourth-order valence-electron chi connectivity index (χ4n) is 11.9. The van der Waals surface area contributed by atoms with Crippen LogP contribution < -0.4 is 0 Å². The van der Waals surface area contributed by atoms with Gasteiger partial charge < -0.3 is 24.4 Å². The van der Waals surface area contributed by atoms with Gasteiger partial charge in [0.25, 0.3) is 0 Å². The van der Waals surface area contributed by atoms with E-state index in [0.717, 1.165) is 24.0 Å².